The quantitative estimate of drug-likeness (QED) is 0.892. The zero-order valence-corrected chi connectivity index (χ0v) is 14.5. The van der Waals surface area contributed by atoms with E-state index in [1.54, 1.807) is 0 Å². The van der Waals surface area contributed by atoms with Gasteiger partial charge in [-0.25, -0.2) is 0 Å². The number of hydrogen-bond donors (Lipinski definition) is 1. The van der Waals surface area contributed by atoms with Crippen LogP contribution in [0.1, 0.15) is 63.4 Å². The van der Waals surface area contributed by atoms with Gasteiger partial charge in [0.1, 0.15) is 0 Å². The van der Waals surface area contributed by atoms with E-state index in [4.69, 9.17) is 0 Å². The van der Waals surface area contributed by atoms with Crippen molar-refractivity contribution >= 4 is 0 Å². The minimum Gasteiger partial charge on any atom is -0.308 e. The molecule has 0 radical (unpaired) electrons. The van der Waals surface area contributed by atoms with E-state index in [2.05, 4.69) is 40.5 Å². The van der Waals surface area contributed by atoms with Crippen LogP contribution in [0.2, 0.25) is 0 Å². The van der Waals surface area contributed by atoms with Crippen LogP contribution in [0.4, 0.5) is 0 Å². The number of rotatable bonds is 3. The van der Waals surface area contributed by atoms with Gasteiger partial charge in [-0.2, -0.15) is 0 Å². The maximum atomic E-state index is 4.02. The highest BCUT2D eigenvalue weighted by atomic mass is 15.3. The van der Waals surface area contributed by atoms with Crippen molar-refractivity contribution in [2.75, 3.05) is 13.1 Å². The molecule has 0 aromatic heterocycles. The van der Waals surface area contributed by atoms with E-state index in [0.29, 0.717) is 5.54 Å². The fourth-order valence-electron chi connectivity index (χ4n) is 5.37. The minimum atomic E-state index is 0.431. The highest BCUT2D eigenvalue weighted by Gasteiger charge is 2.43. The predicted octanol–water partition coefficient (Wildman–Crippen LogP) is 4.35. The first-order chi connectivity index (χ1) is 11.3. The molecular weight excluding hydrogens is 280 g/mol. The molecule has 2 saturated carbocycles. The lowest BCUT2D eigenvalue weighted by Crippen LogP contribution is -2.64. The average molecular weight is 313 g/mol. The van der Waals surface area contributed by atoms with Crippen LogP contribution in [0, 0.1) is 5.92 Å². The third-order valence-electron chi connectivity index (χ3n) is 6.64. The molecule has 1 N–H and O–H groups in total. The van der Waals surface area contributed by atoms with Crippen molar-refractivity contribution < 1.29 is 0 Å². The molecule has 1 unspecified atom stereocenters. The van der Waals surface area contributed by atoms with Gasteiger partial charge in [0.15, 0.2) is 0 Å². The molecule has 3 aliphatic rings. The zero-order chi connectivity index (χ0) is 15.5. The lowest BCUT2D eigenvalue weighted by atomic mass is 9.80. The fourth-order valence-corrected chi connectivity index (χ4v) is 5.37. The Labute approximate surface area is 141 Å². The first kappa shape index (κ1) is 15.7. The van der Waals surface area contributed by atoms with Gasteiger partial charge in [0, 0.05) is 31.2 Å². The summed E-state index contributed by atoms with van der Waals surface area (Å²) in [6, 6.07) is 11.9. The summed E-state index contributed by atoms with van der Waals surface area (Å²) in [4.78, 5) is 2.85. The molecule has 1 saturated heterocycles. The highest BCUT2D eigenvalue weighted by Crippen LogP contribution is 2.37. The van der Waals surface area contributed by atoms with Gasteiger partial charge in [0.05, 0.1) is 0 Å². The Bertz CT molecular complexity index is 486. The monoisotopic (exact) mass is 312 g/mol. The van der Waals surface area contributed by atoms with Crippen LogP contribution in [0.15, 0.2) is 30.3 Å². The van der Waals surface area contributed by atoms with E-state index in [0.717, 1.165) is 18.5 Å². The molecule has 3 fully saturated rings. The molecular formula is C21H32N2. The van der Waals surface area contributed by atoms with Crippen LogP contribution in [-0.4, -0.2) is 29.6 Å². The maximum absolute atomic E-state index is 4.02. The summed E-state index contributed by atoms with van der Waals surface area (Å²) < 4.78 is 0. The number of benzene rings is 1. The molecule has 1 aromatic carbocycles. The Morgan fingerprint density at radius 1 is 0.957 bits per heavy atom. The van der Waals surface area contributed by atoms with Gasteiger partial charge >= 0.3 is 0 Å². The van der Waals surface area contributed by atoms with Crippen molar-refractivity contribution in [3.8, 4) is 0 Å². The Kier molecular flexibility index (Phi) is 4.73. The van der Waals surface area contributed by atoms with Crippen LogP contribution in [0.5, 0.6) is 0 Å². The standard InChI is InChI=1S/C21H32N2/c1-3-9-18(10-4-1)16-23-17-21(13-7-8-14-21)22-15-20(23)19-11-5-2-6-12-19/h1,3-4,9-10,19-20,22H,2,5-8,11-17H2. The molecule has 0 bridgehead atoms. The van der Waals surface area contributed by atoms with Crippen LogP contribution < -0.4 is 5.32 Å². The average Bonchev–Trinajstić information content (AvgIpc) is 3.05. The number of nitrogens with one attached hydrogen (secondary N) is 1. The molecule has 126 valence electrons. The summed E-state index contributed by atoms with van der Waals surface area (Å²) in [6.07, 6.45) is 12.9. The molecule has 1 atom stereocenters. The Morgan fingerprint density at radius 3 is 2.43 bits per heavy atom. The van der Waals surface area contributed by atoms with Crippen molar-refractivity contribution in [2.24, 2.45) is 5.92 Å². The molecule has 1 aliphatic heterocycles. The van der Waals surface area contributed by atoms with E-state index in [1.165, 1.54) is 76.4 Å². The van der Waals surface area contributed by atoms with Gasteiger partial charge in [-0.1, -0.05) is 62.4 Å². The topological polar surface area (TPSA) is 15.3 Å². The Hall–Kier alpha value is -0.860. The molecule has 1 spiro atoms. The normalized spacial score (nSPS) is 29.1. The highest BCUT2D eigenvalue weighted by molar-refractivity contribution is 5.15. The third kappa shape index (κ3) is 3.49. The summed E-state index contributed by atoms with van der Waals surface area (Å²) in [5.41, 5.74) is 1.92. The van der Waals surface area contributed by atoms with E-state index >= 15 is 0 Å². The largest absolute Gasteiger partial charge is 0.308 e. The lowest BCUT2D eigenvalue weighted by Gasteiger charge is -2.49. The molecule has 1 heterocycles. The van der Waals surface area contributed by atoms with Crippen molar-refractivity contribution in [1.82, 2.24) is 10.2 Å². The predicted molar refractivity (Wildman–Crippen MR) is 96.4 cm³/mol. The second kappa shape index (κ2) is 6.94. The summed E-state index contributed by atoms with van der Waals surface area (Å²) >= 11 is 0. The van der Waals surface area contributed by atoms with Gasteiger partial charge in [0.25, 0.3) is 0 Å². The van der Waals surface area contributed by atoms with Crippen molar-refractivity contribution in [2.45, 2.75) is 75.9 Å². The van der Waals surface area contributed by atoms with Crippen LogP contribution >= 0.6 is 0 Å². The van der Waals surface area contributed by atoms with Gasteiger partial charge < -0.3 is 5.32 Å². The van der Waals surface area contributed by atoms with Gasteiger partial charge in [-0.05, 0) is 37.2 Å². The van der Waals surface area contributed by atoms with E-state index < -0.39 is 0 Å². The first-order valence-electron chi connectivity index (χ1n) is 9.88. The molecule has 2 aliphatic carbocycles. The second-order valence-corrected chi connectivity index (χ2v) is 8.22. The van der Waals surface area contributed by atoms with Crippen molar-refractivity contribution in [1.29, 1.82) is 0 Å². The summed E-state index contributed by atoms with van der Waals surface area (Å²) in [6.45, 7) is 3.63. The van der Waals surface area contributed by atoms with Gasteiger partial charge in [-0.15, -0.1) is 0 Å². The number of hydrogen-bond acceptors (Lipinski definition) is 2. The molecule has 23 heavy (non-hydrogen) atoms. The SMILES string of the molecule is c1ccc(CN2CC3(CCCC3)NCC2C2CCCCC2)cc1. The van der Waals surface area contributed by atoms with Gasteiger partial charge in [0.2, 0.25) is 0 Å². The molecule has 1 aromatic rings. The zero-order valence-electron chi connectivity index (χ0n) is 14.5. The third-order valence-corrected chi connectivity index (χ3v) is 6.64. The fraction of sp³-hybridized carbons (Fsp3) is 0.714. The van der Waals surface area contributed by atoms with Crippen LogP contribution in [0.25, 0.3) is 0 Å². The number of piperazine rings is 1. The summed E-state index contributed by atoms with van der Waals surface area (Å²) in [7, 11) is 0. The second-order valence-electron chi connectivity index (χ2n) is 8.22. The smallest absolute Gasteiger partial charge is 0.0309 e. The summed E-state index contributed by atoms with van der Waals surface area (Å²) in [5.74, 6) is 0.915. The van der Waals surface area contributed by atoms with Crippen molar-refractivity contribution in [3.63, 3.8) is 0 Å². The molecule has 2 heteroatoms. The first-order valence-corrected chi connectivity index (χ1v) is 9.88. The van der Waals surface area contributed by atoms with Crippen LogP contribution in [-0.2, 0) is 6.54 Å². The number of nitrogens with zero attached hydrogens (tertiary/aromatic N) is 1. The Balaban J connectivity index is 1.52. The van der Waals surface area contributed by atoms with Crippen LogP contribution in [0.3, 0.4) is 0 Å². The maximum Gasteiger partial charge on any atom is 0.0309 e. The summed E-state index contributed by atoms with van der Waals surface area (Å²) in [5, 5.41) is 4.02. The molecule has 4 rings (SSSR count). The minimum absolute atomic E-state index is 0.431. The van der Waals surface area contributed by atoms with E-state index in [1.807, 2.05) is 0 Å². The molecule has 2 nitrogen and oxygen atoms in total. The van der Waals surface area contributed by atoms with E-state index in [-0.39, 0.29) is 0 Å². The Morgan fingerprint density at radius 2 is 1.70 bits per heavy atom. The molecule has 0 amide bonds. The van der Waals surface area contributed by atoms with Gasteiger partial charge in [-0.3, -0.25) is 4.90 Å². The van der Waals surface area contributed by atoms with E-state index in [9.17, 15) is 0 Å². The van der Waals surface area contributed by atoms with Crippen molar-refractivity contribution in [3.05, 3.63) is 35.9 Å². The lowest BCUT2D eigenvalue weighted by molar-refractivity contribution is 0.0319.